The lowest BCUT2D eigenvalue weighted by atomic mass is 9.91. The van der Waals surface area contributed by atoms with Crippen molar-refractivity contribution in [1.82, 2.24) is 14.8 Å². The molecule has 2 aromatic heterocycles. The van der Waals surface area contributed by atoms with Crippen LogP contribution in [-0.2, 0) is 17.9 Å². The second-order valence-corrected chi connectivity index (χ2v) is 10.4. The normalized spacial score (nSPS) is 21.3. The SMILES string of the molecule is CCOc1ccc2cc3n(c2c1)CC(C)(C(=O)NC1CCCCC1)N(Cc1cccs1)C3=O. The highest BCUT2D eigenvalue weighted by Crippen LogP contribution is 2.35. The number of nitrogens with one attached hydrogen (secondary N) is 1. The topological polar surface area (TPSA) is 63.6 Å². The predicted octanol–water partition coefficient (Wildman–Crippen LogP) is 4.97. The standard InChI is InChI=1S/C26H31N3O3S/c1-3-32-20-12-11-18-14-23-24(30)29(16-21-10-7-13-33-21)26(2,17-28(23)22(18)15-20)25(31)27-19-8-5-4-6-9-19/h7,10-15,19H,3-6,8-9,16-17H2,1-2H3,(H,27,31). The molecule has 1 fully saturated rings. The number of hydrogen-bond donors (Lipinski definition) is 1. The number of thiophene rings is 1. The molecule has 1 N–H and O–H groups in total. The molecule has 3 heterocycles. The van der Waals surface area contributed by atoms with Crippen molar-refractivity contribution in [1.29, 1.82) is 0 Å². The maximum atomic E-state index is 13.8. The van der Waals surface area contributed by atoms with Crippen molar-refractivity contribution in [3.05, 3.63) is 52.3 Å². The minimum absolute atomic E-state index is 0.0623. The Labute approximate surface area is 198 Å². The number of carbonyl (C=O) groups is 2. The largest absolute Gasteiger partial charge is 0.494 e. The number of aromatic nitrogens is 1. The summed E-state index contributed by atoms with van der Waals surface area (Å²) in [5.74, 6) is 0.602. The van der Waals surface area contributed by atoms with Crippen LogP contribution < -0.4 is 10.1 Å². The van der Waals surface area contributed by atoms with Gasteiger partial charge in [0.1, 0.15) is 17.0 Å². The molecule has 1 aliphatic carbocycles. The van der Waals surface area contributed by atoms with Gasteiger partial charge in [0.15, 0.2) is 0 Å². The molecule has 0 spiro atoms. The molecule has 1 saturated carbocycles. The number of benzene rings is 1. The van der Waals surface area contributed by atoms with Crippen LogP contribution in [0.25, 0.3) is 10.9 Å². The maximum Gasteiger partial charge on any atom is 0.271 e. The third-order valence-corrected chi connectivity index (χ3v) is 7.90. The minimum atomic E-state index is -0.987. The van der Waals surface area contributed by atoms with Gasteiger partial charge in [-0.1, -0.05) is 25.3 Å². The van der Waals surface area contributed by atoms with Crippen molar-refractivity contribution in [2.75, 3.05) is 6.61 Å². The van der Waals surface area contributed by atoms with E-state index in [0.717, 1.165) is 47.2 Å². The second kappa shape index (κ2) is 8.86. The van der Waals surface area contributed by atoms with Crippen molar-refractivity contribution >= 4 is 34.1 Å². The molecule has 6 nitrogen and oxygen atoms in total. The first-order valence-corrected chi connectivity index (χ1v) is 12.8. The van der Waals surface area contributed by atoms with E-state index < -0.39 is 5.54 Å². The van der Waals surface area contributed by atoms with E-state index in [-0.39, 0.29) is 17.9 Å². The Balaban J connectivity index is 1.55. The lowest BCUT2D eigenvalue weighted by molar-refractivity contribution is -0.134. The molecule has 1 aromatic carbocycles. The fraction of sp³-hybridized carbons (Fsp3) is 0.462. The molecule has 33 heavy (non-hydrogen) atoms. The van der Waals surface area contributed by atoms with Gasteiger partial charge < -0.3 is 19.5 Å². The first-order valence-electron chi connectivity index (χ1n) is 11.9. The summed E-state index contributed by atoms with van der Waals surface area (Å²) in [4.78, 5) is 30.4. The van der Waals surface area contributed by atoms with Crippen LogP contribution >= 0.6 is 11.3 Å². The van der Waals surface area contributed by atoms with Gasteiger partial charge >= 0.3 is 0 Å². The van der Waals surface area contributed by atoms with Crippen LogP contribution in [0, 0.1) is 0 Å². The predicted molar refractivity (Wildman–Crippen MR) is 131 cm³/mol. The van der Waals surface area contributed by atoms with Crippen molar-refractivity contribution in [3.63, 3.8) is 0 Å². The van der Waals surface area contributed by atoms with Gasteiger partial charge in [0.2, 0.25) is 5.91 Å². The van der Waals surface area contributed by atoms with E-state index in [1.165, 1.54) is 6.42 Å². The summed E-state index contributed by atoms with van der Waals surface area (Å²) in [6.07, 6.45) is 5.54. The van der Waals surface area contributed by atoms with Crippen LogP contribution in [0.1, 0.15) is 61.3 Å². The molecule has 2 amide bonds. The Kier molecular flexibility index (Phi) is 5.91. The summed E-state index contributed by atoms with van der Waals surface area (Å²) < 4.78 is 7.71. The lowest BCUT2D eigenvalue weighted by Gasteiger charge is -2.44. The van der Waals surface area contributed by atoms with Gasteiger partial charge in [0, 0.05) is 22.4 Å². The minimum Gasteiger partial charge on any atom is -0.494 e. The highest BCUT2D eigenvalue weighted by molar-refractivity contribution is 7.09. The molecular weight excluding hydrogens is 434 g/mol. The number of nitrogens with zero attached hydrogens (tertiary/aromatic N) is 2. The van der Waals surface area contributed by atoms with Gasteiger partial charge in [-0.2, -0.15) is 0 Å². The van der Waals surface area contributed by atoms with Gasteiger partial charge in [-0.3, -0.25) is 9.59 Å². The number of carbonyl (C=O) groups excluding carboxylic acids is 2. The van der Waals surface area contributed by atoms with E-state index in [1.807, 2.05) is 60.2 Å². The molecule has 1 aliphatic heterocycles. The van der Waals surface area contributed by atoms with Crippen LogP contribution in [0.2, 0.25) is 0 Å². The fourth-order valence-corrected chi connectivity index (χ4v) is 5.87. The Morgan fingerprint density at radius 1 is 1.21 bits per heavy atom. The van der Waals surface area contributed by atoms with E-state index >= 15 is 0 Å². The molecule has 1 atom stereocenters. The third-order valence-electron chi connectivity index (χ3n) is 7.04. The average molecular weight is 466 g/mol. The number of ether oxygens (including phenoxy) is 1. The molecule has 7 heteroatoms. The summed E-state index contributed by atoms with van der Waals surface area (Å²) in [5.41, 5.74) is 0.564. The van der Waals surface area contributed by atoms with Crippen molar-refractivity contribution in [2.45, 2.75) is 70.6 Å². The van der Waals surface area contributed by atoms with E-state index in [0.29, 0.717) is 25.4 Å². The summed E-state index contributed by atoms with van der Waals surface area (Å²) in [6.45, 7) is 5.29. The van der Waals surface area contributed by atoms with E-state index in [9.17, 15) is 9.59 Å². The highest BCUT2D eigenvalue weighted by Gasteiger charge is 2.48. The Bertz CT molecular complexity index is 1160. The Morgan fingerprint density at radius 3 is 2.76 bits per heavy atom. The quantitative estimate of drug-likeness (QED) is 0.559. The fourth-order valence-electron chi connectivity index (χ4n) is 5.18. The Hall–Kier alpha value is -2.80. The van der Waals surface area contributed by atoms with E-state index in [2.05, 4.69) is 5.32 Å². The lowest BCUT2D eigenvalue weighted by Crippen LogP contribution is -2.64. The molecule has 174 valence electrons. The zero-order valence-electron chi connectivity index (χ0n) is 19.3. The molecular formula is C26H31N3O3S. The first kappa shape index (κ1) is 22.0. The van der Waals surface area contributed by atoms with Gasteiger partial charge in [-0.15, -0.1) is 11.3 Å². The molecule has 1 unspecified atom stereocenters. The van der Waals surface area contributed by atoms with Gasteiger partial charge in [-0.25, -0.2) is 0 Å². The van der Waals surface area contributed by atoms with Crippen LogP contribution in [-0.4, -0.2) is 39.5 Å². The van der Waals surface area contributed by atoms with Crippen LogP contribution in [0.3, 0.4) is 0 Å². The van der Waals surface area contributed by atoms with Crippen molar-refractivity contribution in [2.24, 2.45) is 0 Å². The summed E-state index contributed by atoms with van der Waals surface area (Å²) >= 11 is 1.61. The second-order valence-electron chi connectivity index (χ2n) is 9.32. The van der Waals surface area contributed by atoms with Crippen LogP contribution in [0.15, 0.2) is 41.8 Å². The molecule has 0 saturated heterocycles. The van der Waals surface area contributed by atoms with Gasteiger partial charge in [0.25, 0.3) is 5.91 Å². The smallest absolute Gasteiger partial charge is 0.271 e. The number of hydrogen-bond acceptors (Lipinski definition) is 4. The maximum absolute atomic E-state index is 13.8. The number of fused-ring (bicyclic) bond motifs is 3. The third kappa shape index (κ3) is 4.03. The highest BCUT2D eigenvalue weighted by atomic mass is 32.1. The zero-order valence-corrected chi connectivity index (χ0v) is 20.1. The number of rotatable bonds is 6. The first-order chi connectivity index (χ1) is 16.0. The Morgan fingerprint density at radius 2 is 2.03 bits per heavy atom. The van der Waals surface area contributed by atoms with Crippen molar-refractivity contribution in [3.8, 4) is 5.75 Å². The monoisotopic (exact) mass is 465 g/mol. The number of amides is 2. The van der Waals surface area contributed by atoms with Crippen LogP contribution in [0.5, 0.6) is 5.75 Å². The molecule has 0 bridgehead atoms. The van der Waals surface area contributed by atoms with Gasteiger partial charge in [-0.05, 0) is 56.3 Å². The van der Waals surface area contributed by atoms with Gasteiger partial charge in [0.05, 0.1) is 25.2 Å². The molecule has 3 aromatic rings. The molecule has 5 rings (SSSR count). The van der Waals surface area contributed by atoms with E-state index in [4.69, 9.17) is 4.74 Å². The average Bonchev–Trinajstić information content (AvgIpc) is 3.45. The summed E-state index contributed by atoms with van der Waals surface area (Å²) in [5, 5.41) is 6.29. The zero-order chi connectivity index (χ0) is 23.0. The summed E-state index contributed by atoms with van der Waals surface area (Å²) in [6, 6.07) is 12.0. The van der Waals surface area contributed by atoms with Crippen molar-refractivity contribution < 1.29 is 14.3 Å². The van der Waals surface area contributed by atoms with E-state index in [1.54, 1.807) is 16.2 Å². The molecule has 2 aliphatic rings. The molecule has 0 radical (unpaired) electrons. The summed E-state index contributed by atoms with van der Waals surface area (Å²) in [7, 11) is 0. The van der Waals surface area contributed by atoms with Crippen LogP contribution in [0.4, 0.5) is 0 Å².